The van der Waals surface area contributed by atoms with Crippen LogP contribution in [0.5, 0.6) is 0 Å². The lowest BCUT2D eigenvalue weighted by Crippen LogP contribution is -2.03. The first-order valence-electron chi connectivity index (χ1n) is 5.31. The summed E-state index contributed by atoms with van der Waals surface area (Å²) in [4.78, 5) is 10.3. The molecule has 2 N–H and O–H groups in total. The van der Waals surface area contributed by atoms with E-state index in [9.17, 15) is 9.18 Å². The molecule has 16 heavy (non-hydrogen) atoms. The second kappa shape index (κ2) is 6.10. The third kappa shape index (κ3) is 4.77. The summed E-state index contributed by atoms with van der Waals surface area (Å²) < 4.78 is 13.0. The summed E-state index contributed by atoms with van der Waals surface area (Å²) in [7, 11) is 0. The van der Waals surface area contributed by atoms with Crippen LogP contribution in [0.2, 0.25) is 0 Å². The van der Waals surface area contributed by atoms with Gasteiger partial charge in [-0.25, -0.2) is 4.39 Å². The molecule has 3 nitrogen and oxygen atoms in total. The molecular formula is C12H16FNO2. The van der Waals surface area contributed by atoms with E-state index in [2.05, 4.69) is 5.32 Å². The fourth-order valence-corrected chi connectivity index (χ4v) is 1.47. The molecule has 0 aromatic heterocycles. The maximum absolute atomic E-state index is 13.0. The van der Waals surface area contributed by atoms with E-state index in [4.69, 9.17) is 5.11 Å². The molecule has 1 aromatic carbocycles. The van der Waals surface area contributed by atoms with Crippen molar-refractivity contribution in [3.63, 3.8) is 0 Å². The van der Waals surface area contributed by atoms with Gasteiger partial charge in [0.1, 0.15) is 5.82 Å². The van der Waals surface area contributed by atoms with Crippen LogP contribution in [0.1, 0.15) is 24.8 Å². The minimum Gasteiger partial charge on any atom is -0.481 e. The lowest BCUT2D eigenvalue weighted by molar-refractivity contribution is -0.137. The SMILES string of the molecule is Cc1cc(F)cc(NCCCCC(=O)O)c1. The van der Waals surface area contributed by atoms with E-state index in [1.165, 1.54) is 12.1 Å². The molecule has 0 heterocycles. The molecule has 0 saturated carbocycles. The molecule has 0 unspecified atom stereocenters. The smallest absolute Gasteiger partial charge is 0.303 e. The van der Waals surface area contributed by atoms with Gasteiger partial charge < -0.3 is 10.4 Å². The van der Waals surface area contributed by atoms with Crippen molar-refractivity contribution < 1.29 is 14.3 Å². The molecule has 0 amide bonds. The Morgan fingerprint density at radius 3 is 2.75 bits per heavy atom. The Bertz CT molecular complexity index is 346. The zero-order chi connectivity index (χ0) is 12.0. The molecule has 0 aliphatic carbocycles. The first-order valence-corrected chi connectivity index (χ1v) is 5.31. The monoisotopic (exact) mass is 225 g/mol. The maximum atomic E-state index is 13.0. The molecule has 4 heteroatoms. The van der Waals surface area contributed by atoms with Crippen LogP contribution in [-0.4, -0.2) is 17.6 Å². The summed E-state index contributed by atoms with van der Waals surface area (Å²) in [5.41, 5.74) is 1.61. The number of rotatable bonds is 6. The molecule has 0 bridgehead atoms. The van der Waals surface area contributed by atoms with Crippen molar-refractivity contribution in [3.8, 4) is 0 Å². The van der Waals surface area contributed by atoms with Crippen LogP contribution in [0.25, 0.3) is 0 Å². The van der Waals surface area contributed by atoms with Crippen molar-refractivity contribution in [2.45, 2.75) is 26.2 Å². The number of carboxylic acid groups (broad SMARTS) is 1. The maximum Gasteiger partial charge on any atom is 0.303 e. The van der Waals surface area contributed by atoms with E-state index in [-0.39, 0.29) is 12.2 Å². The number of carbonyl (C=O) groups is 1. The van der Waals surface area contributed by atoms with Gasteiger partial charge in [-0.3, -0.25) is 4.79 Å². The molecule has 0 spiro atoms. The van der Waals surface area contributed by atoms with E-state index in [0.29, 0.717) is 13.0 Å². The number of anilines is 1. The first kappa shape index (κ1) is 12.5. The highest BCUT2D eigenvalue weighted by molar-refractivity contribution is 5.66. The minimum atomic E-state index is -0.776. The van der Waals surface area contributed by atoms with Crippen LogP contribution in [0.15, 0.2) is 18.2 Å². The van der Waals surface area contributed by atoms with Crippen molar-refractivity contribution in [1.29, 1.82) is 0 Å². The Labute approximate surface area is 94.3 Å². The molecule has 0 saturated heterocycles. The first-order chi connectivity index (χ1) is 7.58. The molecule has 0 radical (unpaired) electrons. The molecule has 1 aromatic rings. The normalized spacial score (nSPS) is 10.1. The second-order valence-electron chi connectivity index (χ2n) is 3.79. The zero-order valence-electron chi connectivity index (χ0n) is 9.29. The summed E-state index contributed by atoms with van der Waals surface area (Å²) in [5.74, 6) is -1.03. The fourth-order valence-electron chi connectivity index (χ4n) is 1.47. The van der Waals surface area contributed by atoms with Crippen molar-refractivity contribution in [1.82, 2.24) is 0 Å². The number of aryl methyl sites for hydroxylation is 1. The van der Waals surface area contributed by atoms with Crippen LogP contribution >= 0.6 is 0 Å². The van der Waals surface area contributed by atoms with Crippen molar-refractivity contribution in [2.75, 3.05) is 11.9 Å². The third-order valence-electron chi connectivity index (χ3n) is 2.19. The lowest BCUT2D eigenvalue weighted by Gasteiger charge is -2.06. The third-order valence-corrected chi connectivity index (χ3v) is 2.19. The number of nitrogens with one attached hydrogen (secondary N) is 1. The summed E-state index contributed by atoms with van der Waals surface area (Å²) >= 11 is 0. The highest BCUT2D eigenvalue weighted by Gasteiger charge is 1.98. The lowest BCUT2D eigenvalue weighted by atomic mass is 10.2. The topological polar surface area (TPSA) is 49.3 Å². The van der Waals surface area contributed by atoms with Crippen LogP contribution in [0, 0.1) is 12.7 Å². The molecular weight excluding hydrogens is 209 g/mol. The Hall–Kier alpha value is -1.58. The predicted octanol–water partition coefficient (Wildman–Crippen LogP) is 2.80. The van der Waals surface area contributed by atoms with Gasteiger partial charge in [0.2, 0.25) is 0 Å². The minimum absolute atomic E-state index is 0.184. The van der Waals surface area contributed by atoms with E-state index < -0.39 is 5.97 Å². The molecule has 0 atom stereocenters. The number of benzene rings is 1. The summed E-state index contributed by atoms with van der Waals surface area (Å²) in [6.45, 7) is 2.49. The average Bonchev–Trinajstić information content (AvgIpc) is 2.15. The molecule has 0 fully saturated rings. The van der Waals surface area contributed by atoms with Crippen molar-refractivity contribution in [2.24, 2.45) is 0 Å². The van der Waals surface area contributed by atoms with Gasteiger partial charge in [0.25, 0.3) is 0 Å². The van der Waals surface area contributed by atoms with Crippen LogP contribution in [0.3, 0.4) is 0 Å². The van der Waals surface area contributed by atoms with Gasteiger partial charge in [-0.2, -0.15) is 0 Å². The summed E-state index contributed by atoms with van der Waals surface area (Å²) in [5, 5.41) is 11.5. The van der Waals surface area contributed by atoms with Gasteiger partial charge in [-0.1, -0.05) is 0 Å². The molecule has 0 aliphatic rings. The standard InChI is InChI=1S/C12H16FNO2/c1-9-6-10(13)8-11(7-9)14-5-3-2-4-12(15)16/h6-8,14H,2-5H2,1H3,(H,15,16). The van der Waals surface area contributed by atoms with Gasteiger partial charge in [-0.05, 0) is 43.5 Å². The van der Waals surface area contributed by atoms with Gasteiger partial charge in [0, 0.05) is 18.7 Å². The van der Waals surface area contributed by atoms with E-state index in [1.54, 1.807) is 0 Å². The van der Waals surface area contributed by atoms with Crippen LogP contribution in [-0.2, 0) is 4.79 Å². The number of hydrogen-bond acceptors (Lipinski definition) is 2. The molecule has 0 aliphatic heterocycles. The second-order valence-corrected chi connectivity index (χ2v) is 3.79. The Balaban J connectivity index is 2.29. The number of unbranched alkanes of at least 4 members (excludes halogenated alkanes) is 1. The quantitative estimate of drug-likeness (QED) is 0.732. The number of hydrogen-bond donors (Lipinski definition) is 2. The van der Waals surface area contributed by atoms with Gasteiger partial charge in [0.15, 0.2) is 0 Å². The highest BCUT2D eigenvalue weighted by atomic mass is 19.1. The van der Waals surface area contributed by atoms with Crippen molar-refractivity contribution >= 4 is 11.7 Å². The largest absolute Gasteiger partial charge is 0.481 e. The van der Waals surface area contributed by atoms with Crippen LogP contribution in [0.4, 0.5) is 10.1 Å². The molecule has 88 valence electrons. The van der Waals surface area contributed by atoms with Gasteiger partial charge >= 0.3 is 5.97 Å². The summed E-state index contributed by atoms with van der Waals surface area (Å²) in [6.07, 6.45) is 1.59. The van der Waals surface area contributed by atoms with Crippen molar-refractivity contribution in [3.05, 3.63) is 29.6 Å². The fraction of sp³-hybridized carbons (Fsp3) is 0.417. The Morgan fingerprint density at radius 2 is 2.12 bits per heavy atom. The van der Waals surface area contributed by atoms with Crippen LogP contribution < -0.4 is 5.32 Å². The summed E-state index contributed by atoms with van der Waals surface area (Å²) in [6, 6.07) is 4.76. The van der Waals surface area contributed by atoms with Gasteiger partial charge in [-0.15, -0.1) is 0 Å². The number of aliphatic carboxylic acids is 1. The number of carboxylic acids is 1. The highest BCUT2D eigenvalue weighted by Crippen LogP contribution is 2.13. The van der Waals surface area contributed by atoms with Gasteiger partial charge in [0.05, 0.1) is 0 Å². The van der Waals surface area contributed by atoms with E-state index >= 15 is 0 Å². The van der Waals surface area contributed by atoms with E-state index in [1.807, 2.05) is 13.0 Å². The predicted molar refractivity (Wildman–Crippen MR) is 61.1 cm³/mol. The Morgan fingerprint density at radius 1 is 1.38 bits per heavy atom. The zero-order valence-corrected chi connectivity index (χ0v) is 9.29. The van der Waals surface area contributed by atoms with E-state index in [0.717, 1.165) is 17.7 Å². The Kier molecular flexibility index (Phi) is 4.76. The number of halogens is 1. The molecule has 1 rings (SSSR count). The average molecular weight is 225 g/mol.